The summed E-state index contributed by atoms with van der Waals surface area (Å²) in [5.41, 5.74) is 1.96. The summed E-state index contributed by atoms with van der Waals surface area (Å²) in [7, 11) is 5.51. The van der Waals surface area contributed by atoms with Crippen LogP contribution in [0.5, 0.6) is 5.75 Å². The second-order valence-electron chi connectivity index (χ2n) is 4.17. The molecule has 1 heterocycles. The number of aromatic nitrogens is 2. The first kappa shape index (κ1) is 13.3. The number of nitrogens with one attached hydrogen (secondary N) is 1. The van der Waals surface area contributed by atoms with E-state index >= 15 is 0 Å². The fourth-order valence-electron chi connectivity index (χ4n) is 1.75. The van der Waals surface area contributed by atoms with E-state index in [2.05, 4.69) is 15.5 Å². The van der Waals surface area contributed by atoms with Gasteiger partial charge >= 0.3 is 0 Å². The van der Waals surface area contributed by atoms with Crippen molar-refractivity contribution < 1.29 is 4.74 Å². The first-order valence-corrected chi connectivity index (χ1v) is 6.09. The summed E-state index contributed by atoms with van der Waals surface area (Å²) in [5.74, 6) is 1.65. The molecule has 0 atom stereocenters. The van der Waals surface area contributed by atoms with Crippen LogP contribution in [-0.4, -0.2) is 31.4 Å². The molecule has 5 nitrogen and oxygen atoms in total. The molecule has 0 fully saturated rings. The van der Waals surface area contributed by atoms with Crippen molar-refractivity contribution in [3.05, 3.63) is 42.1 Å². The molecule has 0 bridgehead atoms. The molecule has 0 aliphatic rings. The molecule has 1 aromatic carbocycles. The Balaban J connectivity index is 2.15. The van der Waals surface area contributed by atoms with Gasteiger partial charge in [0.15, 0.2) is 5.82 Å². The van der Waals surface area contributed by atoms with Crippen molar-refractivity contribution in [2.24, 2.45) is 0 Å². The van der Waals surface area contributed by atoms with Gasteiger partial charge in [0, 0.05) is 19.3 Å². The minimum atomic E-state index is 0.722. The molecular weight excluding hydrogens is 240 g/mol. The molecule has 0 saturated carbocycles. The lowest BCUT2D eigenvalue weighted by atomic mass is 10.2. The minimum absolute atomic E-state index is 0.722. The van der Waals surface area contributed by atoms with Gasteiger partial charge in [0.2, 0.25) is 0 Å². The molecule has 0 aliphatic heterocycles. The molecule has 100 valence electrons. The maximum atomic E-state index is 5.14. The second-order valence-corrected chi connectivity index (χ2v) is 4.17. The molecule has 0 spiro atoms. The Kier molecular flexibility index (Phi) is 4.30. The molecule has 0 unspecified atom stereocenters. The van der Waals surface area contributed by atoms with Gasteiger partial charge in [-0.25, -0.2) is 0 Å². The number of anilines is 2. The van der Waals surface area contributed by atoms with Crippen LogP contribution in [0.15, 0.2) is 36.4 Å². The summed E-state index contributed by atoms with van der Waals surface area (Å²) in [4.78, 5) is 1.98. The van der Waals surface area contributed by atoms with Gasteiger partial charge in [-0.3, -0.25) is 0 Å². The maximum Gasteiger partial charge on any atom is 0.155 e. The number of nitrogens with zero attached hydrogens (tertiary/aromatic N) is 3. The van der Waals surface area contributed by atoms with E-state index < -0.39 is 0 Å². The highest BCUT2D eigenvalue weighted by Gasteiger charge is 2.06. The highest BCUT2D eigenvalue weighted by Crippen LogP contribution is 2.23. The number of hydrogen-bond acceptors (Lipinski definition) is 5. The molecule has 0 radical (unpaired) electrons. The zero-order valence-electron chi connectivity index (χ0n) is 11.4. The van der Waals surface area contributed by atoms with Crippen molar-refractivity contribution in [3.8, 4) is 5.75 Å². The highest BCUT2D eigenvalue weighted by atomic mass is 16.5. The molecule has 1 N–H and O–H groups in total. The van der Waals surface area contributed by atoms with Gasteiger partial charge in [-0.05, 0) is 43.4 Å². The summed E-state index contributed by atoms with van der Waals surface area (Å²) >= 11 is 0. The maximum absolute atomic E-state index is 5.14. The van der Waals surface area contributed by atoms with Crippen LogP contribution in [0.25, 0.3) is 0 Å². The Labute approximate surface area is 113 Å². The number of rotatable bonds is 5. The van der Waals surface area contributed by atoms with Crippen LogP contribution < -0.4 is 15.0 Å². The summed E-state index contributed by atoms with van der Waals surface area (Å²) in [6.07, 6.45) is 0. The fourth-order valence-corrected chi connectivity index (χ4v) is 1.75. The molecule has 0 saturated heterocycles. The molecule has 2 rings (SSSR count). The molecule has 1 aromatic heterocycles. The number of ether oxygens (including phenoxy) is 1. The monoisotopic (exact) mass is 258 g/mol. The number of hydrogen-bond donors (Lipinski definition) is 1. The fraction of sp³-hybridized carbons (Fsp3) is 0.286. The van der Waals surface area contributed by atoms with Crippen molar-refractivity contribution >= 4 is 11.5 Å². The Morgan fingerprint density at radius 1 is 1.11 bits per heavy atom. The summed E-state index contributed by atoms with van der Waals surface area (Å²) in [5, 5.41) is 11.4. The predicted octanol–water partition coefficient (Wildman–Crippen LogP) is 1.97. The van der Waals surface area contributed by atoms with Crippen molar-refractivity contribution in [1.82, 2.24) is 15.5 Å². The van der Waals surface area contributed by atoms with Crippen LogP contribution in [0, 0.1) is 0 Å². The first-order chi connectivity index (χ1) is 9.24. The van der Waals surface area contributed by atoms with Crippen LogP contribution in [0.2, 0.25) is 0 Å². The van der Waals surface area contributed by atoms with Crippen LogP contribution in [0.1, 0.15) is 5.69 Å². The van der Waals surface area contributed by atoms with Gasteiger partial charge in [-0.15, -0.1) is 5.10 Å². The quantitative estimate of drug-likeness (QED) is 0.888. The highest BCUT2D eigenvalue weighted by molar-refractivity contribution is 5.59. The van der Waals surface area contributed by atoms with E-state index in [1.54, 1.807) is 7.11 Å². The van der Waals surface area contributed by atoms with Crippen molar-refractivity contribution in [2.45, 2.75) is 6.54 Å². The minimum Gasteiger partial charge on any atom is -0.497 e. The van der Waals surface area contributed by atoms with E-state index in [-0.39, 0.29) is 0 Å². The van der Waals surface area contributed by atoms with Crippen LogP contribution in [-0.2, 0) is 6.54 Å². The Hall–Kier alpha value is -2.14. The zero-order chi connectivity index (χ0) is 13.7. The van der Waals surface area contributed by atoms with Gasteiger partial charge in [0.05, 0.1) is 12.8 Å². The van der Waals surface area contributed by atoms with Crippen molar-refractivity contribution in [1.29, 1.82) is 0 Å². The Bertz CT molecular complexity index is 510. The molecule has 5 heteroatoms. The largest absolute Gasteiger partial charge is 0.497 e. The van der Waals surface area contributed by atoms with E-state index in [0.717, 1.165) is 29.5 Å². The van der Waals surface area contributed by atoms with Crippen LogP contribution >= 0.6 is 0 Å². The smallest absolute Gasteiger partial charge is 0.155 e. The average Bonchev–Trinajstić information content (AvgIpc) is 2.48. The predicted molar refractivity (Wildman–Crippen MR) is 75.9 cm³/mol. The third kappa shape index (κ3) is 3.20. The van der Waals surface area contributed by atoms with E-state index in [4.69, 9.17) is 4.74 Å². The third-order valence-corrected chi connectivity index (χ3v) is 2.87. The van der Waals surface area contributed by atoms with E-state index in [1.165, 1.54) is 0 Å². The topological polar surface area (TPSA) is 50.3 Å². The number of methoxy groups -OCH3 is 1. The van der Waals surface area contributed by atoms with Crippen LogP contribution in [0.3, 0.4) is 0 Å². The Morgan fingerprint density at radius 2 is 1.84 bits per heavy atom. The third-order valence-electron chi connectivity index (χ3n) is 2.87. The summed E-state index contributed by atoms with van der Waals surface area (Å²) in [6, 6.07) is 11.8. The molecular formula is C14H18N4O. The molecule has 0 aliphatic carbocycles. The summed E-state index contributed by atoms with van der Waals surface area (Å²) < 4.78 is 5.14. The van der Waals surface area contributed by atoms with Gasteiger partial charge in [-0.1, -0.05) is 0 Å². The molecule has 0 amide bonds. The number of benzene rings is 1. The average molecular weight is 258 g/mol. The SMILES string of the molecule is CNCc1ccc(N(C)c2ccc(OC)cc2)nn1. The van der Waals surface area contributed by atoms with Gasteiger partial charge in [0.25, 0.3) is 0 Å². The first-order valence-electron chi connectivity index (χ1n) is 6.09. The zero-order valence-corrected chi connectivity index (χ0v) is 11.4. The van der Waals surface area contributed by atoms with E-state index in [1.807, 2.05) is 55.4 Å². The lowest BCUT2D eigenvalue weighted by molar-refractivity contribution is 0.415. The van der Waals surface area contributed by atoms with Crippen LogP contribution in [0.4, 0.5) is 11.5 Å². The van der Waals surface area contributed by atoms with E-state index in [0.29, 0.717) is 0 Å². The molecule has 2 aromatic rings. The van der Waals surface area contributed by atoms with Gasteiger partial charge in [0.1, 0.15) is 5.75 Å². The summed E-state index contributed by atoms with van der Waals surface area (Å²) in [6.45, 7) is 0.722. The van der Waals surface area contributed by atoms with E-state index in [9.17, 15) is 0 Å². The second kappa shape index (κ2) is 6.15. The normalized spacial score (nSPS) is 10.3. The van der Waals surface area contributed by atoms with Gasteiger partial charge in [-0.2, -0.15) is 5.10 Å². The van der Waals surface area contributed by atoms with Gasteiger partial charge < -0.3 is 15.0 Å². The standard InChI is InChI=1S/C14H18N4O/c1-15-10-11-4-9-14(17-16-11)18(2)12-5-7-13(19-3)8-6-12/h4-9,15H,10H2,1-3H3. The van der Waals surface area contributed by atoms with Crippen molar-refractivity contribution in [3.63, 3.8) is 0 Å². The lowest BCUT2D eigenvalue weighted by Crippen LogP contribution is -2.13. The van der Waals surface area contributed by atoms with Crippen molar-refractivity contribution in [2.75, 3.05) is 26.1 Å². The molecule has 19 heavy (non-hydrogen) atoms. The Morgan fingerprint density at radius 3 is 2.37 bits per heavy atom. The lowest BCUT2D eigenvalue weighted by Gasteiger charge is -2.18.